The first-order valence-electron chi connectivity index (χ1n) is 4.93. The van der Waals surface area contributed by atoms with Crippen molar-refractivity contribution in [3.8, 4) is 0 Å². The number of carboxylic acid groups (broad SMARTS) is 2. The van der Waals surface area contributed by atoms with Gasteiger partial charge in [0, 0.05) is 25.0 Å². The average molecular weight is 258 g/mol. The Hall–Kier alpha value is -2.24. The summed E-state index contributed by atoms with van der Waals surface area (Å²) in [6.45, 7) is 7.80. The van der Waals surface area contributed by atoms with Crippen LogP contribution in [-0.2, 0) is 19.2 Å². The van der Waals surface area contributed by atoms with Gasteiger partial charge in [0.1, 0.15) is 12.6 Å². The molecule has 0 heterocycles. The predicted molar refractivity (Wildman–Crippen MR) is 66.2 cm³/mol. The largest absolute Gasteiger partial charge is 0.478 e. The first-order chi connectivity index (χ1) is 8.35. The van der Waals surface area contributed by atoms with Gasteiger partial charge in [-0.05, 0) is 5.92 Å². The average Bonchev–Trinajstić information content (AvgIpc) is 2.31. The van der Waals surface area contributed by atoms with Crippen molar-refractivity contribution in [2.45, 2.75) is 19.8 Å². The van der Waals surface area contributed by atoms with Crippen LogP contribution >= 0.6 is 0 Å². The zero-order chi connectivity index (χ0) is 15.0. The highest BCUT2D eigenvalue weighted by Gasteiger charge is 1.96. The standard InChI is InChI=1S/C6H10O2.2C3H4O2/c1-6(2-4-7)3-5-8;2*1-2-3(4)5/h4-6H,2-3H2,1H3;2*2H,1H2,(H,4,5). The number of carbonyl (C=O) groups is 4. The van der Waals surface area contributed by atoms with Crippen molar-refractivity contribution >= 4 is 24.5 Å². The minimum absolute atomic E-state index is 0.227. The van der Waals surface area contributed by atoms with Crippen molar-refractivity contribution in [1.82, 2.24) is 0 Å². The van der Waals surface area contributed by atoms with E-state index < -0.39 is 11.9 Å². The van der Waals surface area contributed by atoms with Crippen LogP contribution in [0.2, 0.25) is 0 Å². The first kappa shape index (κ1) is 21.1. The van der Waals surface area contributed by atoms with E-state index in [0.29, 0.717) is 12.8 Å². The molecule has 6 heteroatoms. The van der Waals surface area contributed by atoms with Gasteiger partial charge in [-0.15, -0.1) is 0 Å². The number of aliphatic carboxylic acids is 2. The Morgan fingerprint density at radius 1 is 1.00 bits per heavy atom. The van der Waals surface area contributed by atoms with Crippen molar-refractivity contribution in [3.05, 3.63) is 25.3 Å². The summed E-state index contributed by atoms with van der Waals surface area (Å²) in [4.78, 5) is 38.0. The number of aldehydes is 2. The minimum atomic E-state index is -0.981. The van der Waals surface area contributed by atoms with Gasteiger partial charge in [0.05, 0.1) is 0 Å². The van der Waals surface area contributed by atoms with Crippen LogP contribution in [0.3, 0.4) is 0 Å². The number of carboxylic acids is 2. The second-order valence-corrected chi connectivity index (χ2v) is 2.99. The minimum Gasteiger partial charge on any atom is -0.478 e. The van der Waals surface area contributed by atoms with Gasteiger partial charge < -0.3 is 19.8 Å². The summed E-state index contributed by atoms with van der Waals surface area (Å²) in [5.74, 6) is -1.74. The third-order valence-corrected chi connectivity index (χ3v) is 1.35. The third kappa shape index (κ3) is 37.2. The highest BCUT2D eigenvalue weighted by atomic mass is 16.4. The van der Waals surface area contributed by atoms with Gasteiger partial charge >= 0.3 is 11.9 Å². The summed E-state index contributed by atoms with van der Waals surface area (Å²) in [6.07, 6.45) is 4.35. The van der Waals surface area contributed by atoms with Gasteiger partial charge in [-0.1, -0.05) is 20.1 Å². The van der Waals surface area contributed by atoms with Crippen LogP contribution in [0, 0.1) is 5.92 Å². The molecule has 0 unspecified atom stereocenters. The normalized spacial score (nSPS) is 7.67. The quantitative estimate of drug-likeness (QED) is 0.549. The van der Waals surface area contributed by atoms with E-state index in [2.05, 4.69) is 13.2 Å². The second-order valence-electron chi connectivity index (χ2n) is 2.99. The molecule has 0 saturated heterocycles. The molecule has 0 aromatic rings. The van der Waals surface area contributed by atoms with Gasteiger partial charge in [0.15, 0.2) is 0 Å². The molecule has 0 aromatic heterocycles. The molecule has 18 heavy (non-hydrogen) atoms. The SMILES string of the molecule is C=CC(=O)O.C=CC(=O)O.CC(CC=O)CC=O. The number of carbonyl (C=O) groups excluding carboxylic acids is 2. The molecule has 102 valence electrons. The fraction of sp³-hybridized carbons (Fsp3) is 0.333. The number of rotatable bonds is 6. The topological polar surface area (TPSA) is 109 Å². The second kappa shape index (κ2) is 17.2. The van der Waals surface area contributed by atoms with E-state index in [9.17, 15) is 19.2 Å². The van der Waals surface area contributed by atoms with E-state index in [4.69, 9.17) is 10.2 Å². The fourth-order valence-corrected chi connectivity index (χ4v) is 0.425. The lowest BCUT2D eigenvalue weighted by atomic mass is 10.1. The molecule has 0 radical (unpaired) electrons. The first-order valence-corrected chi connectivity index (χ1v) is 4.93. The summed E-state index contributed by atoms with van der Waals surface area (Å²) in [5.41, 5.74) is 0. The molecule has 0 aliphatic carbocycles. The van der Waals surface area contributed by atoms with Crippen molar-refractivity contribution in [1.29, 1.82) is 0 Å². The molecule has 0 spiro atoms. The monoisotopic (exact) mass is 258 g/mol. The molecular weight excluding hydrogens is 240 g/mol. The maximum Gasteiger partial charge on any atom is 0.327 e. The third-order valence-electron chi connectivity index (χ3n) is 1.35. The molecular formula is C12H18O6. The zero-order valence-electron chi connectivity index (χ0n) is 10.2. The predicted octanol–water partition coefficient (Wildman–Crippen LogP) is 1.31. The van der Waals surface area contributed by atoms with Crippen LogP contribution in [0.4, 0.5) is 0 Å². The Balaban J connectivity index is -0.000000197. The van der Waals surface area contributed by atoms with Crippen molar-refractivity contribution < 1.29 is 29.4 Å². The zero-order valence-corrected chi connectivity index (χ0v) is 10.2. The van der Waals surface area contributed by atoms with E-state index in [1.807, 2.05) is 6.92 Å². The van der Waals surface area contributed by atoms with Crippen LogP contribution in [-0.4, -0.2) is 34.7 Å². The van der Waals surface area contributed by atoms with E-state index in [1.165, 1.54) is 0 Å². The van der Waals surface area contributed by atoms with Gasteiger partial charge in [-0.25, -0.2) is 9.59 Å². The van der Waals surface area contributed by atoms with Gasteiger partial charge in [-0.2, -0.15) is 0 Å². The lowest BCUT2D eigenvalue weighted by molar-refractivity contribution is -0.132. The summed E-state index contributed by atoms with van der Waals surface area (Å²) in [5, 5.41) is 15.2. The molecule has 0 rings (SSSR count). The van der Waals surface area contributed by atoms with Crippen LogP contribution in [0.15, 0.2) is 25.3 Å². The number of hydrogen-bond acceptors (Lipinski definition) is 4. The lowest BCUT2D eigenvalue weighted by Gasteiger charge is -1.97. The summed E-state index contributed by atoms with van der Waals surface area (Å²) >= 11 is 0. The summed E-state index contributed by atoms with van der Waals surface area (Å²) in [7, 11) is 0. The molecule has 0 aromatic carbocycles. The van der Waals surface area contributed by atoms with Crippen LogP contribution in [0.5, 0.6) is 0 Å². The Morgan fingerprint density at radius 2 is 1.22 bits per heavy atom. The fourth-order valence-electron chi connectivity index (χ4n) is 0.425. The molecule has 0 amide bonds. The molecule has 0 aliphatic heterocycles. The summed E-state index contributed by atoms with van der Waals surface area (Å²) < 4.78 is 0. The van der Waals surface area contributed by atoms with Crippen LogP contribution < -0.4 is 0 Å². The highest BCUT2D eigenvalue weighted by molar-refractivity contribution is 5.79. The van der Waals surface area contributed by atoms with Gasteiger partial charge in [0.25, 0.3) is 0 Å². The van der Waals surface area contributed by atoms with E-state index in [1.54, 1.807) is 0 Å². The van der Waals surface area contributed by atoms with Crippen LogP contribution in [0.25, 0.3) is 0 Å². The smallest absolute Gasteiger partial charge is 0.327 e. The van der Waals surface area contributed by atoms with Crippen molar-refractivity contribution in [2.24, 2.45) is 5.92 Å². The Morgan fingerprint density at radius 3 is 1.33 bits per heavy atom. The maximum atomic E-state index is 9.77. The Kier molecular flexibility index (Phi) is 20.1. The maximum absolute atomic E-state index is 9.77. The molecule has 0 aliphatic rings. The van der Waals surface area contributed by atoms with Gasteiger partial charge in [0.2, 0.25) is 0 Å². The molecule has 6 nitrogen and oxygen atoms in total. The van der Waals surface area contributed by atoms with Crippen molar-refractivity contribution in [3.63, 3.8) is 0 Å². The molecule has 0 atom stereocenters. The van der Waals surface area contributed by atoms with Crippen molar-refractivity contribution in [2.75, 3.05) is 0 Å². The summed E-state index contributed by atoms with van der Waals surface area (Å²) in [6, 6.07) is 0. The Bertz CT molecular complexity index is 254. The highest BCUT2D eigenvalue weighted by Crippen LogP contribution is 2.00. The Labute approximate surface area is 106 Å². The van der Waals surface area contributed by atoms with Crippen LogP contribution in [0.1, 0.15) is 19.8 Å². The van der Waals surface area contributed by atoms with E-state index >= 15 is 0 Å². The molecule has 0 saturated carbocycles. The van der Waals surface area contributed by atoms with Gasteiger partial charge in [-0.3, -0.25) is 0 Å². The molecule has 2 N–H and O–H groups in total. The van der Waals surface area contributed by atoms with E-state index in [-0.39, 0.29) is 5.92 Å². The van der Waals surface area contributed by atoms with E-state index in [0.717, 1.165) is 24.7 Å². The lowest BCUT2D eigenvalue weighted by Crippen LogP contribution is -1.94. The number of hydrogen-bond donors (Lipinski definition) is 2. The molecule has 0 fully saturated rings. The molecule has 0 bridgehead atoms.